The molecular weight excluding hydrogens is 476 g/mol. The van der Waals surface area contributed by atoms with Gasteiger partial charge in [-0.15, -0.1) is 0 Å². The summed E-state index contributed by atoms with van der Waals surface area (Å²) in [6, 6.07) is 8.13. The molecule has 0 aliphatic carbocycles. The Morgan fingerprint density at radius 2 is 1.89 bits per heavy atom. The van der Waals surface area contributed by atoms with E-state index in [4.69, 9.17) is 20.6 Å². The van der Waals surface area contributed by atoms with Crippen LogP contribution in [-0.2, 0) is 16.9 Å². The lowest BCUT2D eigenvalue weighted by Crippen LogP contribution is -2.33. The van der Waals surface area contributed by atoms with Gasteiger partial charge in [0, 0.05) is 35.8 Å². The summed E-state index contributed by atoms with van der Waals surface area (Å²) < 4.78 is 11.3. The van der Waals surface area contributed by atoms with Gasteiger partial charge in [-0.25, -0.2) is 4.79 Å². The molecule has 1 aliphatic heterocycles. The number of amidine groups is 1. The first-order valence-electron chi connectivity index (χ1n) is 12.1. The first-order valence-corrected chi connectivity index (χ1v) is 12.1. The standard InChI is InChI=1S/C27H34N4O6/c1-6-21(26(34)35)37-22-9-8-15(10-19(22)27(3,4)29)20(32)14-31-13-16-11-23(36-7-2)18(25(33)30-5)12-17(16)24(31)28/h8-12,21,28H,6-7,13-14,29H2,1-5H3,(H,30,33)(H,34,35). The Bertz CT molecular complexity index is 1230. The highest BCUT2D eigenvalue weighted by Gasteiger charge is 2.30. The summed E-state index contributed by atoms with van der Waals surface area (Å²) in [6.45, 7) is 7.67. The molecule has 0 bridgehead atoms. The van der Waals surface area contributed by atoms with Crippen molar-refractivity contribution in [2.24, 2.45) is 5.73 Å². The Morgan fingerprint density at radius 1 is 1.19 bits per heavy atom. The minimum absolute atomic E-state index is 0.0653. The number of carbonyl (C=O) groups is 3. The molecule has 0 radical (unpaired) electrons. The van der Waals surface area contributed by atoms with Crippen LogP contribution >= 0.6 is 0 Å². The first-order chi connectivity index (χ1) is 17.4. The Hall–Kier alpha value is -3.92. The fourth-order valence-electron chi connectivity index (χ4n) is 4.19. The Kier molecular flexibility index (Phi) is 8.22. The number of amides is 1. The largest absolute Gasteiger partial charge is 0.493 e. The molecule has 3 rings (SSSR count). The Balaban J connectivity index is 1.86. The number of nitrogens with zero attached hydrogens (tertiary/aromatic N) is 1. The Morgan fingerprint density at radius 3 is 2.46 bits per heavy atom. The molecule has 37 heavy (non-hydrogen) atoms. The molecule has 1 unspecified atom stereocenters. The SMILES string of the molecule is CCOc1cc2c(cc1C(=O)NC)C(=N)N(CC(=O)c1ccc(OC(CC)C(=O)O)c(C(C)(C)N)c1)C2. The van der Waals surface area contributed by atoms with Crippen LogP contribution in [-0.4, -0.2) is 59.8 Å². The number of rotatable bonds is 11. The van der Waals surface area contributed by atoms with E-state index in [1.807, 2.05) is 6.92 Å². The smallest absolute Gasteiger partial charge is 0.344 e. The minimum atomic E-state index is -1.08. The van der Waals surface area contributed by atoms with E-state index in [2.05, 4.69) is 5.32 Å². The lowest BCUT2D eigenvalue weighted by atomic mass is 9.92. The molecule has 5 N–H and O–H groups in total. The fourth-order valence-corrected chi connectivity index (χ4v) is 4.19. The van der Waals surface area contributed by atoms with E-state index in [9.17, 15) is 19.5 Å². The maximum absolute atomic E-state index is 13.3. The predicted molar refractivity (Wildman–Crippen MR) is 139 cm³/mol. The van der Waals surface area contributed by atoms with Crippen LogP contribution in [0, 0.1) is 5.41 Å². The maximum Gasteiger partial charge on any atom is 0.344 e. The maximum atomic E-state index is 13.3. The zero-order chi connectivity index (χ0) is 27.5. The normalized spacial score (nSPS) is 13.7. The number of ketones is 1. The number of carboxylic acids is 1. The van der Waals surface area contributed by atoms with Crippen molar-refractivity contribution in [1.29, 1.82) is 5.41 Å². The summed E-state index contributed by atoms with van der Waals surface area (Å²) in [7, 11) is 1.53. The van der Waals surface area contributed by atoms with Crippen molar-refractivity contribution < 1.29 is 29.0 Å². The third kappa shape index (κ3) is 5.91. The monoisotopic (exact) mass is 510 g/mol. The summed E-state index contributed by atoms with van der Waals surface area (Å²) >= 11 is 0. The topological polar surface area (TPSA) is 155 Å². The number of fused-ring (bicyclic) bond motifs is 1. The van der Waals surface area contributed by atoms with E-state index in [0.29, 0.717) is 46.9 Å². The van der Waals surface area contributed by atoms with Crippen LogP contribution in [0.3, 0.4) is 0 Å². The van der Waals surface area contributed by atoms with E-state index >= 15 is 0 Å². The zero-order valence-electron chi connectivity index (χ0n) is 21.8. The second-order valence-electron chi connectivity index (χ2n) is 9.43. The number of hydrogen-bond acceptors (Lipinski definition) is 7. The number of Topliss-reactive ketones (excluding diaryl/α,β-unsaturated/α-hetero) is 1. The molecule has 198 valence electrons. The highest BCUT2D eigenvalue weighted by Crippen LogP contribution is 2.33. The van der Waals surface area contributed by atoms with Crippen molar-refractivity contribution in [3.05, 3.63) is 58.1 Å². The molecule has 0 fully saturated rings. The molecule has 1 aliphatic rings. The molecule has 1 heterocycles. The summed E-state index contributed by atoms with van der Waals surface area (Å²) in [5.74, 6) is -0.758. The molecule has 1 amide bonds. The van der Waals surface area contributed by atoms with Gasteiger partial charge >= 0.3 is 5.97 Å². The van der Waals surface area contributed by atoms with Gasteiger partial charge in [0.2, 0.25) is 0 Å². The third-order valence-electron chi connectivity index (χ3n) is 6.16. The number of carboxylic acid groups (broad SMARTS) is 1. The first kappa shape index (κ1) is 27.7. The van der Waals surface area contributed by atoms with E-state index in [0.717, 1.165) is 5.56 Å². The number of ether oxygens (including phenoxy) is 2. The molecule has 10 heteroatoms. The summed E-state index contributed by atoms with van der Waals surface area (Å²) in [5.41, 5.74) is 8.00. The van der Waals surface area contributed by atoms with E-state index in [1.165, 1.54) is 7.05 Å². The quantitative estimate of drug-likeness (QED) is 0.336. The van der Waals surface area contributed by atoms with E-state index < -0.39 is 17.6 Å². The van der Waals surface area contributed by atoms with Crippen molar-refractivity contribution in [3.8, 4) is 11.5 Å². The van der Waals surface area contributed by atoms with Crippen molar-refractivity contribution in [3.63, 3.8) is 0 Å². The highest BCUT2D eigenvalue weighted by atomic mass is 16.5. The average molecular weight is 511 g/mol. The van der Waals surface area contributed by atoms with Crippen LogP contribution in [0.4, 0.5) is 0 Å². The van der Waals surface area contributed by atoms with E-state index in [-0.39, 0.29) is 30.5 Å². The van der Waals surface area contributed by atoms with Gasteiger partial charge in [-0.2, -0.15) is 0 Å². The van der Waals surface area contributed by atoms with Gasteiger partial charge < -0.3 is 30.5 Å². The van der Waals surface area contributed by atoms with E-state index in [1.54, 1.807) is 56.0 Å². The highest BCUT2D eigenvalue weighted by molar-refractivity contribution is 6.07. The van der Waals surface area contributed by atoms with Gasteiger partial charge in [-0.05, 0) is 63.1 Å². The summed E-state index contributed by atoms with van der Waals surface area (Å²) in [6.07, 6.45) is -0.766. The predicted octanol–water partition coefficient (Wildman–Crippen LogP) is 2.90. The molecule has 0 saturated heterocycles. The number of benzene rings is 2. The molecule has 0 aromatic heterocycles. The molecule has 1 atom stereocenters. The number of nitrogens with one attached hydrogen (secondary N) is 2. The van der Waals surface area contributed by atoms with Crippen molar-refractivity contribution >= 4 is 23.5 Å². The van der Waals surface area contributed by atoms with Crippen molar-refractivity contribution in [2.45, 2.75) is 52.3 Å². The van der Waals surface area contributed by atoms with Crippen LogP contribution < -0.4 is 20.5 Å². The molecule has 10 nitrogen and oxygen atoms in total. The zero-order valence-corrected chi connectivity index (χ0v) is 21.8. The molecular formula is C27H34N4O6. The van der Waals surface area contributed by atoms with Gasteiger partial charge in [0.25, 0.3) is 5.91 Å². The van der Waals surface area contributed by atoms with Gasteiger partial charge in [0.05, 0.1) is 18.7 Å². The van der Waals surface area contributed by atoms with Gasteiger partial charge in [-0.1, -0.05) is 6.92 Å². The van der Waals surface area contributed by atoms with Crippen LogP contribution in [0.2, 0.25) is 0 Å². The number of carbonyl (C=O) groups excluding carboxylic acids is 2. The minimum Gasteiger partial charge on any atom is -0.493 e. The van der Waals surface area contributed by atoms with Crippen molar-refractivity contribution in [1.82, 2.24) is 10.2 Å². The second kappa shape index (κ2) is 11.0. The van der Waals surface area contributed by atoms with Gasteiger partial charge in [0.15, 0.2) is 11.9 Å². The number of hydrogen-bond donors (Lipinski definition) is 4. The average Bonchev–Trinajstić information content (AvgIpc) is 3.14. The molecule has 2 aromatic carbocycles. The van der Waals surface area contributed by atoms with Gasteiger partial charge in [0.1, 0.15) is 17.3 Å². The summed E-state index contributed by atoms with van der Waals surface area (Å²) in [4.78, 5) is 38.7. The molecule has 2 aromatic rings. The number of aliphatic carboxylic acids is 1. The fraction of sp³-hybridized carbons (Fsp3) is 0.407. The van der Waals surface area contributed by atoms with Crippen LogP contribution in [0.1, 0.15) is 71.5 Å². The van der Waals surface area contributed by atoms with Gasteiger partial charge in [-0.3, -0.25) is 15.0 Å². The second-order valence-corrected chi connectivity index (χ2v) is 9.43. The molecule has 0 spiro atoms. The summed E-state index contributed by atoms with van der Waals surface area (Å²) in [5, 5.41) is 20.6. The lowest BCUT2D eigenvalue weighted by molar-refractivity contribution is -0.145. The number of nitrogens with two attached hydrogens (primary N) is 1. The van der Waals surface area contributed by atoms with Crippen LogP contribution in [0.15, 0.2) is 30.3 Å². The third-order valence-corrected chi connectivity index (χ3v) is 6.16. The lowest BCUT2D eigenvalue weighted by Gasteiger charge is -2.25. The Labute approximate surface area is 216 Å². The van der Waals surface area contributed by atoms with Crippen LogP contribution in [0.25, 0.3) is 0 Å². The van der Waals surface area contributed by atoms with Crippen LogP contribution in [0.5, 0.6) is 11.5 Å². The van der Waals surface area contributed by atoms with Crippen molar-refractivity contribution in [2.75, 3.05) is 20.2 Å². The molecule has 0 saturated carbocycles.